The van der Waals surface area contributed by atoms with Gasteiger partial charge in [-0.2, -0.15) is 5.10 Å². The summed E-state index contributed by atoms with van der Waals surface area (Å²) in [7, 11) is 0. The fraction of sp³-hybridized carbons (Fsp3) is 0.500. The molecule has 1 amide bonds. The van der Waals surface area contributed by atoms with Crippen LogP contribution in [0.5, 0.6) is 0 Å². The lowest BCUT2D eigenvalue weighted by atomic mass is 9.99. The molecule has 2 rings (SSSR count). The number of benzene rings is 1. The minimum Gasteiger partial charge on any atom is -0.350 e. The molecule has 0 radical (unpaired) electrons. The number of rotatable bonds is 5. The van der Waals surface area contributed by atoms with Crippen LogP contribution in [0.3, 0.4) is 0 Å². The van der Waals surface area contributed by atoms with Crippen molar-refractivity contribution in [3.8, 4) is 0 Å². The minimum absolute atomic E-state index is 0. The summed E-state index contributed by atoms with van der Waals surface area (Å²) in [4.78, 5) is 12.5. The molecule has 144 valence electrons. The van der Waals surface area contributed by atoms with Crippen molar-refractivity contribution in [2.45, 2.75) is 59.0 Å². The number of aromatic nitrogens is 2. The average Bonchev–Trinajstić information content (AvgIpc) is 2.94. The number of nitrogens with zero attached hydrogens (tertiary/aromatic N) is 2. The molecule has 0 aliphatic rings. The van der Waals surface area contributed by atoms with Gasteiger partial charge in [0.15, 0.2) is 0 Å². The molecule has 1 aromatic heterocycles. The molecule has 0 aliphatic carbocycles. The standard InChI is InChI=1S/C20H30N4O.ClH/c1-13(2)15-7-9-16(10-8-15)18(21)12-22-19(25)17-11-23-24(14(17)3)20(4,5)6;/h7-11,13,18H,12,21H2,1-6H3,(H,22,25);1H. The fourth-order valence-corrected chi connectivity index (χ4v) is 2.85. The van der Waals surface area contributed by atoms with Gasteiger partial charge in [0, 0.05) is 18.3 Å². The molecule has 1 unspecified atom stereocenters. The highest BCUT2D eigenvalue weighted by molar-refractivity contribution is 5.95. The average molecular weight is 379 g/mol. The first-order chi connectivity index (χ1) is 11.6. The van der Waals surface area contributed by atoms with Crippen molar-refractivity contribution in [3.63, 3.8) is 0 Å². The van der Waals surface area contributed by atoms with Crippen molar-refractivity contribution in [1.82, 2.24) is 15.1 Å². The van der Waals surface area contributed by atoms with Crippen LogP contribution in [0, 0.1) is 6.92 Å². The Morgan fingerprint density at radius 3 is 2.19 bits per heavy atom. The molecule has 1 atom stereocenters. The second-order valence-corrected chi connectivity index (χ2v) is 7.86. The maximum Gasteiger partial charge on any atom is 0.254 e. The zero-order valence-electron chi connectivity index (χ0n) is 16.5. The van der Waals surface area contributed by atoms with Crippen LogP contribution in [0.2, 0.25) is 0 Å². The van der Waals surface area contributed by atoms with Gasteiger partial charge in [-0.1, -0.05) is 38.1 Å². The zero-order valence-corrected chi connectivity index (χ0v) is 17.4. The van der Waals surface area contributed by atoms with E-state index in [-0.39, 0.29) is 29.9 Å². The van der Waals surface area contributed by atoms with E-state index in [2.05, 4.69) is 57.2 Å². The van der Waals surface area contributed by atoms with Gasteiger partial charge in [-0.05, 0) is 44.7 Å². The van der Waals surface area contributed by atoms with E-state index in [1.807, 2.05) is 23.7 Å². The summed E-state index contributed by atoms with van der Waals surface area (Å²) in [5, 5.41) is 7.27. The molecule has 0 spiro atoms. The van der Waals surface area contributed by atoms with Gasteiger partial charge in [0.25, 0.3) is 5.91 Å². The molecule has 2 aromatic rings. The number of carbonyl (C=O) groups is 1. The Labute approximate surface area is 162 Å². The van der Waals surface area contributed by atoms with Crippen molar-refractivity contribution >= 4 is 18.3 Å². The number of halogens is 1. The van der Waals surface area contributed by atoms with Crippen LogP contribution in [0.4, 0.5) is 0 Å². The third-order valence-electron chi connectivity index (χ3n) is 4.40. The number of amides is 1. The number of nitrogens with one attached hydrogen (secondary N) is 1. The second-order valence-electron chi connectivity index (χ2n) is 7.86. The summed E-state index contributed by atoms with van der Waals surface area (Å²) in [5.41, 5.74) is 9.83. The Morgan fingerprint density at radius 2 is 1.73 bits per heavy atom. The molecule has 0 saturated carbocycles. The lowest BCUT2D eigenvalue weighted by Crippen LogP contribution is -2.32. The predicted octanol–water partition coefficient (Wildman–Crippen LogP) is 3.92. The lowest BCUT2D eigenvalue weighted by molar-refractivity contribution is 0.0950. The van der Waals surface area contributed by atoms with Crippen LogP contribution >= 0.6 is 12.4 Å². The number of hydrogen-bond acceptors (Lipinski definition) is 3. The van der Waals surface area contributed by atoms with E-state index in [1.54, 1.807) is 6.20 Å². The van der Waals surface area contributed by atoms with E-state index in [9.17, 15) is 4.79 Å². The molecular weight excluding hydrogens is 348 g/mol. The van der Waals surface area contributed by atoms with E-state index in [0.717, 1.165) is 11.3 Å². The minimum atomic E-state index is -0.233. The van der Waals surface area contributed by atoms with Crippen molar-refractivity contribution in [1.29, 1.82) is 0 Å². The molecule has 0 bridgehead atoms. The van der Waals surface area contributed by atoms with Gasteiger partial charge in [-0.3, -0.25) is 9.48 Å². The molecule has 0 fully saturated rings. The largest absolute Gasteiger partial charge is 0.350 e. The zero-order chi connectivity index (χ0) is 18.8. The SMILES string of the molecule is Cc1c(C(=O)NCC(N)c2ccc(C(C)C)cc2)cnn1C(C)(C)C.Cl. The van der Waals surface area contributed by atoms with Crippen LogP contribution in [0.25, 0.3) is 0 Å². The van der Waals surface area contributed by atoms with Gasteiger partial charge in [0.2, 0.25) is 0 Å². The summed E-state index contributed by atoms with van der Waals surface area (Å²) < 4.78 is 1.87. The van der Waals surface area contributed by atoms with E-state index >= 15 is 0 Å². The van der Waals surface area contributed by atoms with Crippen LogP contribution < -0.4 is 11.1 Å². The Hall–Kier alpha value is -1.85. The summed E-state index contributed by atoms with van der Waals surface area (Å²) in [6, 6.07) is 8.03. The normalized spacial score (nSPS) is 12.6. The topological polar surface area (TPSA) is 72.9 Å². The molecule has 26 heavy (non-hydrogen) atoms. The maximum atomic E-state index is 12.5. The van der Waals surface area contributed by atoms with Gasteiger partial charge >= 0.3 is 0 Å². The molecular formula is C20H31ClN4O. The first-order valence-electron chi connectivity index (χ1n) is 8.80. The van der Waals surface area contributed by atoms with E-state index in [4.69, 9.17) is 5.73 Å². The molecule has 0 saturated heterocycles. The molecule has 1 aromatic carbocycles. The monoisotopic (exact) mass is 378 g/mol. The molecule has 3 N–H and O–H groups in total. The Balaban J connectivity index is 0.00000338. The first kappa shape index (κ1) is 22.2. The molecule has 1 heterocycles. The summed E-state index contributed by atoms with van der Waals surface area (Å²) in [6.07, 6.45) is 1.62. The van der Waals surface area contributed by atoms with Gasteiger partial charge in [-0.25, -0.2) is 0 Å². The van der Waals surface area contributed by atoms with E-state index in [0.29, 0.717) is 18.0 Å². The summed E-state index contributed by atoms with van der Waals surface area (Å²) >= 11 is 0. The van der Waals surface area contributed by atoms with Gasteiger partial charge in [-0.15, -0.1) is 12.4 Å². The lowest BCUT2D eigenvalue weighted by Gasteiger charge is -2.21. The first-order valence-corrected chi connectivity index (χ1v) is 8.80. The molecule has 6 heteroatoms. The van der Waals surface area contributed by atoms with Gasteiger partial charge in [0.05, 0.1) is 17.3 Å². The highest BCUT2D eigenvalue weighted by atomic mass is 35.5. The van der Waals surface area contributed by atoms with E-state index in [1.165, 1.54) is 5.56 Å². The number of carbonyl (C=O) groups excluding carboxylic acids is 1. The third kappa shape index (κ3) is 5.08. The van der Waals surface area contributed by atoms with Crippen molar-refractivity contribution in [2.75, 3.05) is 6.54 Å². The third-order valence-corrected chi connectivity index (χ3v) is 4.40. The smallest absolute Gasteiger partial charge is 0.254 e. The summed E-state index contributed by atoms with van der Waals surface area (Å²) in [6.45, 7) is 12.8. The van der Waals surface area contributed by atoms with Gasteiger partial charge < -0.3 is 11.1 Å². The highest BCUT2D eigenvalue weighted by Crippen LogP contribution is 2.19. The van der Waals surface area contributed by atoms with Crippen LogP contribution in [0.15, 0.2) is 30.5 Å². The number of nitrogens with two attached hydrogens (primary N) is 1. The van der Waals surface area contributed by atoms with Crippen LogP contribution in [-0.2, 0) is 5.54 Å². The van der Waals surface area contributed by atoms with Crippen molar-refractivity contribution in [3.05, 3.63) is 52.8 Å². The molecule has 0 aliphatic heterocycles. The van der Waals surface area contributed by atoms with Gasteiger partial charge in [0.1, 0.15) is 0 Å². The second kappa shape index (κ2) is 8.69. The predicted molar refractivity (Wildman–Crippen MR) is 109 cm³/mol. The van der Waals surface area contributed by atoms with Crippen LogP contribution in [-0.4, -0.2) is 22.2 Å². The Bertz CT molecular complexity index is 729. The number of hydrogen-bond donors (Lipinski definition) is 2. The van der Waals surface area contributed by atoms with Crippen molar-refractivity contribution < 1.29 is 4.79 Å². The van der Waals surface area contributed by atoms with E-state index < -0.39 is 0 Å². The Morgan fingerprint density at radius 1 is 1.19 bits per heavy atom. The highest BCUT2D eigenvalue weighted by Gasteiger charge is 2.21. The maximum absolute atomic E-state index is 12.5. The van der Waals surface area contributed by atoms with Crippen LogP contribution in [0.1, 0.15) is 73.8 Å². The Kier molecular flexibility index (Phi) is 7.42. The molecule has 5 nitrogen and oxygen atoms in total. The fourth-order valence-electron chi connectivity index (χ4n) is 2.85. The summed E-state index contributed by atoms with van der Waals surface area (Å²) in [5.74, 6) is 0.356. The quantitative estimate of drug-likeness (QED) is 0.828. The van der Waals surface area contributed by atoms with Crippen molar-refractivity contribution in [2.24, 2.45) is 5.73 Å².